The zero-order valence-electron chi connectivity index (χ0n) is 56.4. The Morgan fingerprint density at radius 3 is 0.905 bits per heavy atom. The second kappa shape index (κ2) is 32.8. The Labute approximate surface area is 528 Å². The van der Waals surface area contributed by atoms with Crippen molar-refractivity contribution in [3.05, 3.63) is 165 Å². The van der Waals surface area contributed by atoms with Crippen molar-refractivity contribution in [3.8, 4) is 44.5 Å². The fraction of sp³-hybridized carbons (Fsp3) is 0.513. The second-order valence-electron chi connectivity index (χ2n) is 26.9. The molecule has 0 spiro atoms. The van der Waals surface area contributed by atoms with Gasteiger partial charge in [0.1, 0.15) is 0 Å². The first kappa shape index (κ1) is 69.9. The number of nitrogens with zero attached hydrogens (tertiary/aromatic N) is 2. The SMILES string of the molecule is CC(C)c1cccc(C(C)C)c1-c1cccc(-c2c(C(C)C)cccc2C(C)C)c1N=C[B-](O)(C1CCCCC1)C1CCCCC1.CCOCC.[C-]#[N+]c1c(-c2c(C(C)C)cccc2C(C)C)cccc1-c1c(C(C)C)cccc1C(C)C.[H-].[Pt+2]. The van der Waals surface area contributed by atoms with Crippen LogP contribution in [0.3, 0.4) is 0 Å². The van der Waals surface area contributed by atoms with Crippen LogP contribution in [0.15, 0.2) is 114 Å². The number of para-hydroxylation sites is 2. The number of aliphatic imine (C=N–C) groups is 1. The van der Waals surface area contributed by atoms with Gasteiger partial charge in [0.05, 0.1) is 12.3 Å². The standard InChI is InChI=1S/C43H61BNO.C31H37N.C4H10O.Pt.H/c1-29(2)35-22-15-23-36(30(3)4)41(35)39-26-17-27-40(42-37(31(5)6)24-16-25-38(42)32(7)8)43(39)45-28-44(46,33-18-11-9-12-19-33)34-20-13-10-14-21-34;1-19(2)23-13-10-14-24(20(3)4)29(23)27-17-12-18-28(31(27)32-9)30-25(21(5)6)15-11-16-26(30)22(7)8;1-3-5-4-2;;/h15-17,22-34,46H,9-14,18-21H2,1-8H3;10-22H,1-8H3;3-4H2,1-2H3;;/q-1;;;+2;-1. The minimum Gasteiger partial charge on any atom is -1.00 e. The monoisotopic (exact) mass is 1310 g/mol. The van der Waals surface area contributed by atoms with Crippen molar-refractivity contribution >= 4 is 23.8 Å². The molecule has 2 aliphatic carbocycles. The average molecular weight is 1310 g/mol. The van der Waals surface area contributed by atoms with E-state index in [2.05, 4.69) is 231 Å². The van der Waals surface area contributed by atoms with Crippen LogP contribution in [0.2, 0.25) is 11.6 Å². The molecule has 8 rings (SSSR count). The molecule has 0 heterocycles. The van der Waals surface area contributed by atoms with Crippen molar-refractivity contribution in [2.24, 2.45) is 4.99 Å². The van der Waals surface area contributed by atoms with Gasteiger partial charge in [-0.25, -0.2) is 4.85 Å². The molecule has 0 radical (unpaired) electrons. The first-order valence-corrected chi connectivity index (χ1v) is 32.8. The molecule has 6 heteroatoms. The normalized spacial score (nSPS) is 14.4. The Bertz CT molecular complexity index is 2820. The Morgan fingerprint density at radius 1 is 0.440 bits per heavy atom. The summed E-state index contributed by atoms with van der Waals surface area (Å²) in [5, 5.41) is 12.9. The van der Waals surface area contributed by atoms with Gasteiger partial charge >= 0.3 is 21.1 Å². The molecule has 456 valence electrons. The summed E-state index contributed by atoms with van der Waals surface area (Å²) in [7, 11) is 0. The van der Waals surface area contributed by atoms with Crippen LogP contribution >= 0.6 is 0 Å². The molecule has 4 nitrogen and oxygen atoms in total. The van der Waals surface area contributed by atoms with E-state index in [1.807, 2.05) is 13.8 Å². The van der Waals surface area contributed by atoms with Gasteiger partial charge in [-0.2, -0.15) is 0 Å². The topological polar surface area (TPSA) is 46.2 Å². The maximum Gasteiger partial charge on any atom is 2.00 e. The van der Waals surface area contributed by atoms with Crippen molar-refractivity contribution in [2.75, 3.05) is 13.2 Å². The fourth-order valence-electron chi connectivity index (χ4n) is 14.0. The molecule has 2 saturated carbocycles. The number of hydrogen-bond donors (Lipinski definition) is 1. The van der Waals surface area contributed by atoms with Crippen molar-refractivity contribution in [1.82, 2.24) is 0 Å². The van der Waals surface area contributed by atoms with E-state index in [4.69, 9.17) is 16.3 Å². The predicted molar refractivity (Wildman–Crippen MR) is 367 cm³/mol. The molecule has 6 aromatic carbocycles. The maximum atomic E-state index is 12.9. The molecule has 2 aliphatic rings. The van der Waals surface area contributed by atoms with Crippen LogP contribution in [0.25, 0.3) is 49.4 Å². The Hall–Kier alpha value is -4.85. The van der Waals surface area contributed by atoms with E-state index < -0.39 is 6.35 Å². The molecular formula is C78H109BN2O2Pt. The summed E-state index contributed by atoms with van der Waals surface area (Å²) in [6.45, 7) is 50.4. The van der Waals surface area contributed by atoms with Crippen molar-refractivity contribution < 1.29 is 32.3 Å². The zero-order chi connectivity index (χ0) is 60.7. The first-order valence-electron chi connectivity index (χ1n) is 32.8. The largest absolute Gasteiger partial charge is 2.00 e. The summed E-state index contributed by atoms with van der Waals surface area (Å²) in [6.07, 6.45) is 12.4. The minimum atomic E-state index is -1.75. The van der Waals surface area contributed by atoms with Crippen molar-refractivity contribution in [2.45, 2.75) is 248 Å². The summed E-state index contributed by atoms with van der Waals surface area (Å²) in [6, 6.07) is 40.3. The van der Waals surface area contributed by atoms with Crippen molar-refractivity contribution in [1.29, 1.82) is 0 Å². The summed E-state index contributed by atoms with van der Waals surface area (Å²) < 4.78 is 4.83. The molecule has 0 atom stereocenters. The minimum absolute atomic E-state index is 0. The quantitative estimate of drug-likeness (QED) is 0.0530. The average Bonchev–Trinajstić information content (AvgIpc) is 3.32. The molecule has 1 N–H and O–H groups in total. The van der Waals surface area contributed by atoms with Crippen LogP contribution in [0, 0.1) is 6.57 Å². The Morgan fingerprint density at radius 2 is 0.679 bits per heavy atom. The molecule has 0 aromatic heterocycles. The van der Waals surface area contributed by atoms with Crippen LogP contribution in [0.5, 0.6) is 0 Å². The van der Waals surface area contributed by atoms with E-state index in [0.29, 0.717) is 59.0 Å². The van der Waals surface area contributed by atoms with Crippen LogP contribution in [0.4, 0.5) is 11.4 Å². The third-order valence-electron chi connectivity index (χ3n) is 18.4. The van der Waals surface area contributed by atoms with Crippen LogP contribution in [-0.2, 0) is 25.8 Å². The van der Waals surface area contributed by atoms with Gasteiger partial charge in [-0.05, 0) is 139 Å². The van der Waals surface area contributed by atoms with Gasteiger partial charge in [-0.15, -0.1) is 17.7 Å². The van der Waals surface area contributed by atoms with Crippen molar-refractivity contribution in [3.63, 3.8) is 0 Å². The van der Waals surface area contributed by atoms with E-state index >= 15 is 0 Å². The van der Waals surface area contributed by atoms with Crippen LogP contribution in [-0.4, -0.2) is 30.7 Å². The second-order valence-corrected chi connectivity index (χ2v) is 26.9. The zero-order valence-corrected chi connectivity index (χ0v) is 57.6. The molecule has 84 heavy (non-hydrogen) atoms. The van der Waals surface area contributed by atoms with E-state index in [1.54, 1.807) is 0 Å². The number of ether oxygens (including phenoxy) is 1. The number of hydrogen-bond acceptors (Lipinski definition) is 3. The summed E-state index contributed by atoms with van der Waals surface area (Å²) in [5.41, 5.74) is 22.3. The van der Waals surface area contributed by atoms with E-state index in [0.717, 1.165) is 61.4 Å². The Kier molecular flexibility index (Phi) is 27.3. The summed E-state index contributed by atoms with van der Waals surface area (Å²) in [4.78, 5) is 9.81. The van der Waals surface area contributed by atoms with Gasteiger partial charge in [0.2, 0.25) is 5.69 Å². The van der Waals surface area contributed by atoms with Crippen LogP contribution < -0.4 is 0 Å². The van der Waals surface area contributed by atoms with E-state index in [9.17, 15) is 5.02 Å². The van der Waals surface area contributed by atoms with Gasteiger partial charge in [0.25, 0.3) is 0 Å². The van der Waals surface area contributed by atoms with Gasteiger partial charge in [-0.1, -0.05) is 284 Å². The molecular weight excluding hydrogens is 1200 g/mol. The summed E-state index contributed by atoms with van der Waals surface area (Å²) >= 11 is 0. The first-order chi connectivity index (χ1) is 39.6. The van der Waals surface area contributed by atoms with Gasteiger partial charge < -0.3 is 11.2 Å². The molecule has 0 aliphatic heterocycles. The molecule has 6 aromatic rings. The van der Waals surface area contributed by atoms with E-state index in [-0.39, 0.29) is 22.5 Å². The maximum absolute atomic E-state index is 12.9. The third kappa shape index (κ3) is 16.4. The van der Waals surface area contributed by atoms with Gasteiger partial charge in [-0.3, -0.25) is 4.99 Å². The smallest absolute Gasteiger partial charge is 1.00 e. The van der Waals surface area contributed by atoms with Crippen LogP contribution in [0.1, 0.15) is 282 Å². The molecule has 0 amide bonds. The fourth-order valence-corrected chi connectivity index (χ4v) is 14.0. The van der Waals surface area contributed by atoms with Gasteiger partial charge in [0.15, 0.2) is 6.35 Å². The molecule has 2 fully saturated rings. The predicted octanol–water partition coefficient (Wildman–Crippen LogP) is 24.6. The Balaban J connectivity index is 0.000000347. The molecule has 0 unspecified atom stereocenters. The van der Waals surface area contributed by atoms with E-state index in [1.165, 1.54) is 116 Å². The third-order valence-corrected chi connectivity index (χ3v) is 18.4. The molecule has 0 bridgehead atoms. The van der Waals surface area contributed by atoms with Gasteiger partial charge in [0, 0.05) is 24.3 Å². The number of benzene rings is 6. The molecule has 0 saturated heterocycles. The summed E-state index contributed by atoms with van der Waals surface area (Å²) in [5.74, 6) is 3.78. The number of rotatable bonds is 18.